The van der Waals surface area contributed by atoms with Gasteiger partial charge in [0.2, 0.25) is 0 Å². The summed E-state index contributed by atoms with van der Waals surface area (Å²) in [6.07, 6.45) is 15.3. The van der Waals surface area contributed by atoms with Gasteiger partial charge in [0.05, 0.1) is 6.10 Å². The summed E-state index contributed by atoms with van der Waals surface area (Å²) in [5.41, 5.74) is 5.55. The first-order valence-electron chi connectivity index (χ1n) is 18.5. The fraction of sp³-hybridized carbons (Fsp3) is 0.775. The topological polar surface area (TPSA) is 54.0 Å². The number of esters is 1. The number of fused-ring (bicyclic) bond motifs is 1. The fourth-order valence-corrected chi connectivity index (χ4v) is 10.0. The number of hydrogen-bond acceptors (Lipinski definition) is 5. The zero-order valence-electron chi connectivity index (χ0n) is 32.8. The number of hydrogen-bond donors (Lipinski definition) is 0. The number of carbonyl (C=O) groups is 1. The molecule has 0 bridgehead atoms. The van der Waals surface area contributed by atoms with Crippen LogP contribution in [0.3, 0.4) is 0 Å². The average Bonchev–Trinajstić information content (AvgIpc) is 3.30. The quantitative estimate of drug-likeness (QED) is 0.0885. The molecule has 0 aromatic rings. The smallest absolute Gasteiger partial charge is 0.332 e. The number of rotatable bonds is 12. The van der Waals surface area contributed by atoms with Crippen LogP contribution in [-0.4, -0.2) is 47.2 Å². The van der Waals surface area contributed by atoms with E-state index in [-0.39, 0.29) is 40.3 Å². The van der Waals surface area contributed by atoms with E-state index in [2.05, 4.69) is 106 Å². The van der Waals surface area contributed by atoms with Crippen LogP contribution in [0.15, 0.2) is 47.1 Å². The van der Waals surface area contributed by atoms with Crippen LogP contribution in [0, 0.1) is 11.3 Å². The van der Waals surface area contributed by atoms with Gasteiger partial charge in [-0.15, -0.1) is 0 Å². The number of carbonyl (C=O) groups excluding carboxylic acids is 1. The van der Waals surface area contributed by atoms with Crippen molar-refractivity contribution in [3.8, 4) is 0 Å². The molecular weight excluding hydrogens is 617 g/mol. The van der Waals surface area contributed by atoms with Gasteiger partial charge in [-0.1, -0.05) is 105 Å². The van der Waals surface area contributed by atoms with Crippen LogP contribution in [0.5, 0.6) is 0 Å². The van der Waals surface area contributed by atoms with Gasteiger partial charge in [0.1, 0.15) is 12.7 Å². The second-order valence-electron chi connectivity index (χ2n) is 17.8. The molecule has 0 aromatic carbocycles. The molecule has 0 saturated heterocycles. The van der Waals surface area contributed by atoms with Crippen molar-refractivity contribution in [3.63, 3.8) is 0 Å². The molecule has 0 aliphatic heterocycles. The van der Waals surface area contributed by atoms with Gasteiger partial charge in [-0.2, -0.15) is 0 Å². The second kappa shape index (κ2) is 14.9. The van der Waals surface area contributed by atoms with Gasteiger partial charge < -0.3 is 18.3 Å². The van der Waals surface area contributed by atoms with Crippen LogP contribution in [-0.2, 0) is 23.1 Å². The molecule has 5 nitrogen and oxygen atoms in total. The Balaban J connectivity index is 2.10. The lowest BCUT2D eigenvalue weighted by molar-refractivity contribution is -0.217. The van der Waals surface area contributed by atoms with E-state index >= 15 is 0 Å². The fourth-order valence-electron chi connectivity index (χ4n) is 7.26. The largest absolute Gasteiger partial charge is 0.461 e. The van der Waals surface area contributed by atoms with Crippen LogP contribution in [0.25, 0.3) is 0 Å². The highest BCUT2D eigenvalue weighted by Crippen LogP contribution is 2.56. The lowest BCUT2D eigenvalue weighted by Crippen LogP contribution is -2.56. The molecular formula is C40H70O5Si2. The molecule has 0 spiro atoms. The summed E-state index contributed by atoms with van der Waals surface area (Å²) in [5.74, 6) is -0.804. The highest BCUT2D eigenvalue weighted by molar-refractivity contribution is 6.74. The molecule has 0 N–H and O–H groups in total. The lowest BCUT2D eigenvalue weighted by Gasteiger charge is -2.51. The van der Waals surface area contributed by atoms with Crippen LogP contribution in [0.2, 0.25) is 36.3 Å². The van der Waals surface area contributed by atoms with Gasteiger partial charge in [0, 0.05) is 12.8 Å². The summed E-state index contributed by atoms with van der Waals surface area (Å²) in [6.45, 7) is 36.1. The minimum Gasteiger partial charge on any atom is -0.461 e. The Kier molecular flexibility index (Phi) is 12.8. The summed E-state index contributed by atoms with van der Waals surface area (Å²) in [6, 6.07) is 0. The molecule has 268 valence electrons. The van der Waals surface area contributed by atoms with E-state index < -0.39 is 22.4 Å². The summed E-state index contributed by atoms with van der Waals surface area (Å²) < 4.78 is 27.0. The molecule has 0 unspecified atom stereocenters. The molecule has 7 heteroatoms. The molecule has 2 saturated carbocycles. The van der Waals surface area contributed by atoms with Gasteiger partial charge in [0.25, 0.3) is 0 Å². The van der Waals surface area contributed by atoms with E-state index in [1.807, 2.05) is 13.8 Å². The summed E-state index contributed by atoms with van der Waals surface area (Å²) in [7, 11) is -4.55. The van der Waals surface area contributed by atoms with Crippen molar-refractivity contribution in [1.29, 1.82) is 0 Å². The standard InChI is InChI=1S/C40H70O5Si2/c1-16-32-23-24-34-30(20-19-25-39(32,34)11)21-22-31-26-40(45-47(14,15)38(8,9)10,42-28-36(41)43-33(17-2)18-3)27-35(29(31)4)44-46(12,13)37(5,6)7/h21-23,33-35H,4,16-20,24-28H2,1-3,5-15H3/t34-,35-,39+,40+/m0/s1. The van der Waals surface area contributed by atoms with Crippen LogP contribution < -0.4 is 0 Å². The van der Waals surface area contributed by atoms with Crippen molar-refractivity contribution in [1.82, 2.24) is 0 Å². The third-order valence-corrected chi connectivity index (χ3v) is 21.5. The molecule has 0 amide bonds. The van der Waals surface area contributed by atoms with Gasteiger partial charge in [-0.05, 0) is 104 Å². The van der Waals surface area contributed by atoms with Crippen LogP contribution >= 0.6 is 0 Å². The Hall–Kier alpha value is -1.26. The first-order chi connectivity index (χ1) is 21.5. The number of allylic oxidation sites excluding steroid dienone is 5. The Morgan fingerprint density at radius 1 is 1.02 bits per heavy atom. The Morgan fingerprint density at radius 3 is 2.19 bits per heavy atom. The van der Waals surface area contributed by atoms with Crippen molar-refractivity contribution in [2.24, 2.45) is 11.3 Å². The van der Waals surface area contributed by atoms with Gasteiger partial charge in [-0.3, -0.25) is 0 Å². The summed E-state index contributed by atoms with van der Waals surface area (Å²) >= 11 is 0. The van der Waals surface area contributed by atoms with Crippen molar-refractivity contribution in [2.45, 2.75) is 181 Å². The molecule has 3 aliphatic carbocycles. The second-order valence-corrected chi connectivity index (χ2v) is 27.3. The maximum atomic E-state index is 13.2. The molecule has 3 aliphatic rings. The van der Waals surface area contributed by atoms with Crippen LogP contribution in [0.1, 0.15) is 127 Å². The third-order valence-electron chi connectivity index (χ3n) is 12.5. The average molecular weight is 687 g/mol. The van der Waals surface area contributed by atoms with E-state index in [1.165, 1.54) is 18.4 Å². The first-order valence-corrected chi connectivity index (χ1v) is 24.4. The molecule has 47 heavy (non-hydrogen) atoms. The van der Waals surface area contributed by atoms with Crippen molar-refractivity contribution < 1.29 is 23.1 Å². The van der Waals surface area contributed by atoms with E-state index in [9.17, 15) is 4.79 Å². The van der Waals surface area contributed by atoms with E-state index in [0.29, 0.717) is 18.8 Å². The van der Waals surface area contributed by atoms with Gasteiger partial charge >= 0.3 is 5.97 Å². The molecule has 4 atom stereocenters. The highest BCUT2D eigenvalue weighted by atomic mass is 28.4. The summed E-state index contributed by atoms with van der Waals surface area (Å²) in [5, 5.41) is -0.0208. The molecule has 0 heterocycles. The van der Waals surface area contributed by atoms with Gasteiger partial charge in [-0.25, -0.2) is 4.79 Å². The minimum absolute atomic E-state index is 0.0263. The van der Waals surface area contributed by atoms with E-state index in [4.69, 9.17) is 18.3 Å². The third kappa shape index (κ3) is 9.11. The van der Waals surface area contributed by atoms with Crippen molar-refractivity contribution in [2.75, 3.05) is 6.61 Å². The number of ether oxygens (including phenoxy) is 2. The Morgan fingerprint density at radius 2 is 1.64 bits per heavy atom. The Bertz CT molecular complexity index is 1230. The zero-order chi connectivity index (χ0) is 35.6. The first kappa shape index (κ1) is 40.2. The van der Waals surface area contributed by atoms with Crippen molar-refractivity contribution in [3.05, 3.63) is 47.1 Å². The normalized spacial score (nSPS) is 29.4. The monoisotopic (exact) mass is 686 g/mol. The highest BCUT2D eigenvalue weighted by Gasteiger charge is 2.52. The molecule has 0 aromatic heterocycles. The van der Waals surface area contributed by atoms with E-state index in [0.717, 1.165) is 43.3 Å². The Labute approximate surface area is 291 Å². The SMILES string of the molecule is C=C1C(=CC=C2CCC[C@]3(C)C(CC)=CC[C@@H]23)C[C@@](OCC(=O)OC(CC)CC)(O[Si](C)(C)C(C)(C)C)C[C@@H]1O[Si](C)(C)C(C)(C)C. The van der Waals surface area contributed by atoms with Crippen LogP contribution in [0.4, 0.5) is 0 Å². The zero-order valence-corrected chi connectivity index (χ0v) is 34.8. The summed E-state index contributed by atoms with van der Waals surface area (Å²) in [4.78, 5) is 13.2. The minimum atomic E-state index is -2.35. The maximum absolute atomic E-state index is 13.2. The maximum Gasteiger partial charge on any atom is 0.332 e. The molecule has 3 rings (SSSR count). The molecule has 0 radical (unpaired) electrons. The van der Waals surface area contributed by atoms with Gasteiger partial charge in [0.15, 0.2) is 22.4 Å². The van der Waals surface area contributed by atoms with Crippen molar-refractivity contribution >= 4 is 22.6 Å². The predicted molar refractivity (Wildman–Crippen MR) is 202 cm³/mol. The molecule has 2 fully saturated rings. The lowest BCUT2D eigenvalue weighted by atomic mass is 9.64. The van der Waals surface area contributed by atoms with E-state index in [1.54, 1.807) is 5.57 Å². The predicted octanol–water partition coefficient (Wildman–Crippen LogP) is 11.6.